The zero-order chi connectivity index (χ0) is 9.09. The molecule has 0 aromatic carbocycles. The molecule has 6 unspecified atom stereocenters. The van der Waals surface area contributed by atoms with Crippen LogP contribution in [0.4, 0.5) is 0 Å². The van der Waals surface area contributed by atoms with Gasteiger partial charge in [-0.2, -0.15) is 0 Å². The number of hydrogen-bond donors (Lipinski definition) is 0. The summed E-state index contributed by atoms with van der Waals surface area (Å²) in [5, 5.41) is 0. The van der Waals surface area contributed by atoms with Crippen molar-refractivity contribution in [3.8, 4) is 0 Å². The van der Waals surface area contributed by atoms with Gasteiger partial charge in [-0.05, 0) is 35.0 Å². The van der Waals surface area contributed by atoms with Gasteiger partial charge in [0.2, 0.25) is 0 Å². The highest BCUT2D eigenvalue weighted by Crippen LogP contribution is 2.71. The van der Waals surface area contributed by atoms with Gasteiger partial charge in [0.25, 0.3) is 0 Å². The largest absolute Gasteiger partial charge is 0.0648 e. The first-order valence-corrected chi connectivity index (χ1v) is 5.54. The lowest BCUT2D eigenvalue weighted by molar-refractivity contribution is -0.244. The van der Waals surface area contributed by atoms with E-state index < -0.39 is 0 Å². The minimum Gasteiger partial charge on any atom is -0.0648 e. The van der Waals surface area contributed by atoms with Crippen LogP contribution in [0.25, 0.3) is 0 Å². The quantitative estimate of drug-likeness (QED) is 0.558. The molecule has 6 atom stereocenters. The smallest absolute Gasteiger partial charge is 0.0266 e. The van der Waals surface area contributed by atoms with Crippen LogP contribution in [0.3, 0.4) is 0 Å². The summed E-state index contributed by atoms with van der Waals surface area (Å²) in [6.45, 7) is 12.2. The van der Waals surface area contributed by atoms with Gasteiger partial charge in [-0.25, -0.2) is 0 Å². The lowest BCUT2D eigenvalue weighted by Crippen LogP contribution is -2.67. The molecule has 0 aliphatic heterocycles. The van der Waals surface area contributed by atoms with Crippen LogP contribution in [0.5, 0.6) is 0 Å². The zero-order valence-corrected chi connectivity index (χ0v) is 9.09. The van der Waals surface area contributed by atoms with Crippen LogP contribution in [-0.4, -0.2) is 0 Å². The topological polar surface area (TPSA) is 0 Å². The molecule has 0 bridgehead atoms. The van der Waals surface area contributed by atoms with Crippen LogP contribution in [-0.2, 0) is 0 Å². The molecule has 0 N–H and O–H groups in total. The maximum Gasteiger partial charge on any atom is -0.0266 e. The third kappa shape index (κ3) is 0.661. The fourth-order valence-corrected chi connectivity index (χ4v) is 4.20. The van der Waals surface area contributed by atoms with E-state index in [-0.39, 0.29) is 0 Å². The van der Waals surface area contributed by atoms with Gasteiger partial charge in [0.1, 0.15) is 0 Å². The fraction of sp³-hybridized carbons (Fsp3) is 1.00. The Bertz CT molecular complexity index is 196. The van der Waals surface area contributed by atoms with E-state index in [0.29, 0.717) is 5.41 Å². The van der Waals surface area contributed by atoms with Gasteiger partial charge in [0.05, 0.1) is 0 Å². The predicted molar refractivity (Wildman–Crippen MR) is 52.9 cm³/mol. The monoisotopic (exact) mass is 166 g/mol. The van der Waals surface area contributed by atoms with Crippen molar-refractivity contribution < 1.29 is 0 Å². The van der Waals surface area contributed by atoms with E-state index in [0.717, 1.165) is 29.6 Å². The third-order valence-corrected chi connectivity index (χ3v) is 5.56. The molecular formula is C12H22. The van der Waals surface area contributed by atoms with Crippen molar-refractivity contribution in [1.82, 2.24) is 0 Å². The van der Waals surface area contributed by atoms with E-state index >= 15 is 0 Å². The highest BCUT2D eigenvalue weighted by Gasteiger charge is 2.66. The van der Waals surface area contributed by atoms with Gasteiger partial charge in [-0.3, -0.25) is 0 Å². The highest BCUT2D eigenvalue weighted by molar-refractivity contribution is 5.13. The van der Waals surface area contributed by atoms with Crippen LogP contribution >= 0.6 is 0 Å². The molecule has 0 heterocycles. The molecule has 2 aliphatic rings. The summed E-state index contributed by atoms with van der Waals surface area (Å²) in [6.07, 6.45) is 1.38. The molecule has 0 saturated heterocycles. The van der Waals surface area contributed by atoms with Crippen LogP contribution < -0.4 is 0 Å². The molecule has 2 saturated carbocycles. The summed E-state index contributed by atoms with van der Waals surface area (Å²) in [5.41, 5.74) is 0.691. The fourth-order valence-electron chi connectivity index (χ4n) is 4.20. The summed E-state index contributed by atoms with van der Waals surface area (Å²) in [4.78, 5) is 0. The molecule has 0 heteroatoms. The van der Waals surface area contributed by atoms with Crippen LogP contribution in [0, 0.1) is 35.0 Å². The second-order valence-corrected chi connectivity index (χ2v) is 5.47. The summed E-state index contributed by atoms with van der Waals surface area (Å²) in [5.74, 6) is 5.12. The van der Waals surface area contributed by atoms with E-state index in [4.69, 9.17) is 0 Å². The molecular weight excluding hydrogens is 144 g/mol. The molecule has 0 radical (unpaired) electrons. The van der Waals surface area contributed by atoms with Gasteiger partial charge in [-0.15, -0.1) is 0 Å². The van der Waals surface area contributed by atoms with Gasteiger partial charge < -0.3 is 0 Å². The summed E-state index contributed by atoms with van der Waals surface area (Å²) in [6, 6.07) is 0. The van der Waals surface area contributed by atoms with Gasteiger partial charge >= 0.3 is 0 Å². The molecule has 2 fully saturated rings. The standard InChI is InChI=1S/C12H22/c1-6-12(5)9(4)10-7(2)8(3)11(10)12/h7-11H,6H2,1-5H3. The Kier molecular flexibility index (Phi) is 1.63. The normalized spacial score (nSPS) is 63.2. The summed E-state index contributed by atoms with van der Waals surface area (Å²) in [7, 11) is 0. The number of fused-ring (bicyclic) bond motifs is 1. The lowest BCUT2D eigenvalue weighted by Gasteiger charge is -2.72. The highest BCUT2D eigenvalue weighted by atomic mass is 14.7. The minimum absolute atomic E-state index is 0.691. The Labute approximate surface area is 76.7 Å². The second kappa shape index (κ2) is 2.27. The molecule has 2 aliphatic carbocycles. The SMILES string of the molecule is CCC1(C)C(C)C2C(C)C(C)C21. The first-order chi connectivity index (χ1) is 5.54. The van der Waals surface area contributed by atoms with Crippen molar-refractivity contribution in [2.24, 2.45) is 35.0 Å². The van der Waals surface area contributed by atoms with Crippen molar-refractivity contribution in [2.75, 3.05) is 0 Å². The van der Waals surface area contributed by atoms with E-state index in [9.17, 15) is 0 Å². The van der Waals surface area contributed by atoms with Crippen molar-refractivity contribution in [2.45, 2.75) is 41.0 Å². The van der Waals surface area contributed by atoms with E-state index in [1.807, 2.05) is 0 Å². The molecule has 0 aromatic heterocycles. The minimum atomic E-state index is 0.691. The van der Waals surface area contributed by atoms with E-state index in [1.54, 1.807) is 0 Å². The van der Waals surface area contributed by atoms with Crippen molar-refractivity contribution in [3.05, 3.63) is 0 Å². The van der Waals surface area contributed by atoms with Gasteiger partial charge in [0.15, 0.2) is 0 Å². The first kappa shape index (κ1) is 8.59. The Hall–Kier alpha value is 0. The van der Waals surface area contributed by atoms with Crippen LogP contribution in [0.2, 0.25) is 0 Å². The number of hydrogen-bond acceptors (Lipinski definition) is 0. The molecule has 2 rings (SSSR count). The third-order valence-electron chi connectivity index (χ3n) is 5.56. The summed E-state index contributed by atoms with van der Waals surface area (Å²) >= 11 is 0. The molecule has 0 amide bonds. The Morgan fingerprint density at radius 2 is 1.67 bits per heavy atom. The Balaban J connectivity index is 2.15. The van der Waals surface area contributed by atoms with E-state index in [2.05, 4.69) is 34.6 Å². The maximum atomic E-state index is 2.50. The Morgan fingerprint density at radius 1 is 1.08 bits per heavy atom. The van der Waals surface area contributed by atoms with Crippen LogP contribution in [0.1, 0.15) is 41.0 Å². The average molecular weight is 166 g/mol. The maximum absolute atomic E-state index is 2.50. The van der Waals surface area contributed by atoms with Crippen molar-refractivity contribution in [3.63, 3.8) is 0 Å². The predicted octanol–water partition coefficient (Wildman–Crippen LogP) is 3.57. The zero-order valence-electron chi connectivity index (χ0n) is 9.09. The number of rotatable bonds is 1. The van der Waals surface area contributed by atoms with Crippen molar-refractivity contribution >= 4 is 0 Å². The lowest BCUT2D eigenvalue weighted by atomic mass is 9.33. The summed E-state index contributed by atoms with van der Waals surface area (Å²) < 4.78 is 0. The molecule has 12 heavy (non-hydrogen) atoms. The van der Waals surface area contributed by atoms with Gasteiger partial charge in [0, 0.05) is 0 Å². The second-order valence-electron chi connectivity index (χ2n) is 5.47. The molecule has 0 aromatic rings. The average Bonchev–Trinajstić information content (AvgIpc) is 2.09. The van der Waals surface area contributed by atoms with E-state index in [1.165, 1.54) is 6.42 Å². The molecule has 0 nitrogen and oxygen atoms in total. The molecule has 70 valence electrons. The first-order valence-electron chi connectivity index (χ1n) is 5.54. The van der Waals surface area contributed by atoms with Crippen molar-refractivity contribution in [1.29, 1.82) is 0 Å². The van der Waals surface area contributed by atoms with Crippen LogP contribution in [0.15, 0.2) is 0 Å². The van der Waals surface area contributed by atoms with Gasteiger partial charge in [-0.1, -0.05) is 41.0 Å². The Morgan fingerprint density at radius 3 is 2.17 bits per heavy atom. The molecule has 0 spiro atoms.